The molecule has 0 spiro atoms. The Morgan fingerprint density at radius 3 is 2.35 bits per heavy atom. The SMILES string of the molecule is Cc1ccc(C)c(N(CC(=O)N/N=C\c2ccc(OCC(=O)NCc3ccccc3)cc2)S(C)(=O)=O)c1. The smallest absolute Gasteiger partial charge is 0.260 e. The first-order valence-electron chi connectivity index (χ1n) is 11.5. The van der Waals surface area contributed by atoms with E-state index < -0.39 is 22.5 Å². The minimum absolute atomic E-state index is 0.117. The molecule has 2 amide bonds. The van der Waals surface area contributed by atoms with E-state index in [4.69, 9.17) is 4.74 Å². The van der Waals surface area contributed by atoms with Crippen LogP contribution in [0.4, 0.5) is 5.69 Å². The van der Waals surface area contributed by atoms with Crippen molar-refractivity contribution in [1.29, 1.82) is 0 Å². The Morgan fingerprint density at radius 2 is 1.68 bits per heavy atom. The third-order valence-electron chi connectivity index (χ3n) is 5.31. The van der Waals surface area contributed by atoms with E-state index in [1.165, 1.54) is 6.21 Å². The molecule has 0 saturated carbocycles. The van der Waals surface area contributed by atoms with Crippen LogP contribution >= 0.6 is 0 Å². The van der Waals surface area contributed by atoms with Gasteiger partial charge in [0.1, 0.15) is 12.3 Å². The summed E-state index contributed by atoms with van der Waals surface area (Å²) >= 11 is 0. The van der Waals surface area contributed by atoms with E-state index in [2.05, 4.69) is 15.8 Å². The maximum absolute atomic E-state index is 12.4. The summed E-state index contributed by atoms with van der Waals surface area (Å²) in [6, 6.07) is 21.8. The summed E-state index contributed by atoms with van der Waals surface area (Å²) in [4.78, 5) is 24.4. The van der Waals surface area contributed by atoms with Crippen LogP contribution in [0.25, 0.3) is 0 Å². The van der Waals surface area contributed by atoms with Crippen LogP contribution in [-0.4, -0.2) is 45.9 Å². The van der Waals surface area contributed by atoms with E-state index in [9.17, 15) is 18.0 Å². The standard InChI is InChI=1S/C27H30N4O5S/c1-20-9-10-21(2)25(15-20)31(37(3,34)35)18-26(32)30-29-17-23-11-13-24(14-12-23)36-19-27(33)28-16-22-7-5-4-6-8-22/h4-15,17H,16,18-19H2,1-3H3,(H,28,33)(H,30,32)/b29-17-. The summed E-state index contributed by atoms with van der Waals surface area (Å²) < 4.78 is 31.2. The molecule has 9 nitrogen and oxygen atoms in total. The third-order valence-corrected chi connectivity index (χ3v) is 6.43. The van der Waals surface area contributed by atoms with Gasteiger partial charge in [0.15, 0.2) is 6.61 Å². The van der Waals surface area contributed by atoms with Gasteiger partial charge in [-0.2, -0.15) is 5.10 Å². The number of carbonyl (C=O) groups excluding carboxylic acids is 2. The van der Waals surface area contributed by atoms with Crippen molar-refractivity contribution < 1.29 is 22.7 Å². The molecule has 10 heteroatoms. The number of amides is 2. The zero-order valence-electron chi connectivity index (χ0n) is 21.0. The van der Waals surface area contributed by atoms with E-state index in [1.54, 1.807) is 37.3 Å². The summed E-state index contributed by atoms with van der Waals surface area (Å²) in [5.41, 5.74) is 6.11. The molecule has 0 radical (unpaired) electrons. The maximum atomic E-state index is 12.4. The van der Waals surface area contributed by atoms with Gasteiger partial charge in [-0.1, -0.05) is 42.5 Å². The van der Waals surface area contributed by atoms with Crippen LogP contribution < -0.4 is 19.8 Å². The Labute approximate surface area is 217 Å². The van der Waals surface area contributed by atoms with Gasteiger partial charge in [-0.05, 0) is 66.4 Å². The molecule has 0 heterocycles. The lowest BCUT2D eigenvalue weighted by Gasteiger charge is -2.23. The number of sulfonamides is 1. The first-order chi connectivity index (χ1) is 17.6. The van der Waals surface area contributed by atoms with Crippen LogP contribution in [0, 0.1) is 13.8 Å². The van der Waals surface area contributed by atoms with Gasteiger partial charge in [0.25, 0.3) is 11.8 Å². The van der Waals surface area contributed by atoms with E-state index >= 15 is 0 Å². The van der Waals surface area contributed by atoms with Crippen molar-refractivity contribution in [2.45, 2.75) is 20.4 Å². The van der Waals surface area contributed by atoms with Gasteiger partial charge in [-0.25, -0.2) is 13.8 Å². The van der Waals surface area contributed by atoms with E-state index in [-0.39, 0.29) is 12.5 Å². The van der Waals surface area contributed by atoms with Gasteiger partial charge in [-0.15, -0.1) is 0 Å². The number of nitrogens with one attached hydrogen (secondary N) is 2. The first-order valence-corrected chi connectivity index (χ1v) is 13.4. The Hall–Kier alpha value is -4.18. The average Bonchev–Trinajstić information content (AvgIpc) is 2.87. The number of hydrogen-bond donors (Lipinski definition) is 2. The lowest BCUT2D eigenvalue weighted by atomic mass is 10.1. The molecule has 0 bridgehead atoms. The minimum atomic E-state index is -3.69. The predicted octanol–water partition coefficient (Wildman–Crippen LogP) is 2.91. The van der Waals surface area contributed by atoms with Crippen molar-refractivity contribution in [3.8, 4) is 5.75 Å². The zero-order valence-corrected chi connectivity index (χ0v) is 21.8. The largest absolute Gasteiger partial charge is 0.484 e. The highest BCUT2D eigenvalue weighted by molar-refractivity contribution is 7.92. The molecule has 0 fully saturated rings. The number of carbonyl (C=O) groups is 2. The predicted molar refractivity (Wildman–Crippen MR) is 144 cm³/mol. The van der Waals surface area contributed by atoms with Gasteiger partial charge >= 0.3 is 0 Å². The summed E-state index contributed by atoms with van der Waals surface area (Å²) in [6.07, 6.45) is 2.48. The second-order valence-electron chi connectivity index (χ2n) is 8.47. The molecule has 3 aromatic rings. The van der Waals surface area contributed by atoms with Crippen molar-refractivity contribution >= 4 is 33.7 Å². The second kappa shape index (κ2) is 12.7. The molecule has 3 aromatic carbocycles. The van der Waals surface area contributed by atoms with Crippen molar-refractivity contribution in [2.24, 2.45) is 5.10 Å². The molecular weight excluding hydrogens is 492 g/mol. The lowest BCUT2D eigenvalue weighted by molar-refractivity contribution is -0.123. The Bertz CT molecular complexity index is 1360. The highest BCUT2D eigenvalue weighted by Crippen LogP contribution is 2.23. The number of benzene rings is 3. The molecule has 194 valence electrons. The quantitative estimate of drug-likeness (QED) is 0.297. The van der Waals surface area contributed by atoms with Crippen molar-refractivity contribution in [1.82, 2.24) is 10.7 Å². The van der Waals surface area contributed by atoms with Gasteiger partial charge in [0.2, 0.25) is 10.0 Å². The number of ether oxygens (including phenoxy) is 1. The number of nitrogens with zero attached hydrogens (tertiary/aromatic N) is 2. The molecule has 0 saturated heterocycles. The van der Waals surface area contributed by atoms with Crippen LogP contribution in [-0.2, 0) is 26.2 Å². The topological polar surface area (TPSA) is 117 Å². The van der Waals surface area contributed by atoms with Gasteiger partial charge in [0, 0.05) is 6.54 Å². The highest BCUT2D eigenvalue weighted by atomic mass is 32.2. The first kappa shape index (κ1) is 27.4. The van der Waals surface area contributed by atoms with Crippen molar-refractivity contribution in [2.75, 3.05) is 23.7 Å². The Balaban J connectivity index is 1.49. The number of anilines is 1. The van der Waals surface area contributed by atoms with E-state index in [0.29, 0.717) is 23.5 Å². The number of aryl methyl sites for hydroxylation is 2. The van der Waals surface area contributed by atoms with Gasteiger partial charge < -0.3 is 10.1 Å². The molecule has 37 heavy (non-hydrogen) atoms. The van der Waals surface area contributed by atoms with Gasteiger partial charge in [0.05, 0.1) is 18.2 Å². The maximum Gasteiger partial charge on any atom is 0.260 e. The van der Waals surface area contributed by atoms with Crippen LogP contribution in [0.5, 0.6) is 5.75 Å². The fourth-order valence-corrected chi connectivity index (χ4v) is 4.27. The second-order valence-corrected chi connectivity index (χ2v) is 10.4. The van der Waals surface area contributed by atoms with Crippen LogP contribution in [0.2, 0.25) is 0 Å². The van der Waals surface area contributed by atoms with Crippen molar-refractivity contribution in [3.05, 3.63) is 95.1 Å². The molecular formula is C27H30N4O5S. The number of rotatable bonds is 11. The normalized spacial score (nSPS) is 11.2. The molecule has 2 N–H and O–H groups in total. The fourth-order valence-electron chi connectivity index (χ4n) is 3.36. The summed E-state index contributed by atoms with van der Waals surface area (Å²) in [5, 5.41) is 6.71. The van der Waals surface area contributed by atoms with E-state index in [0.717, 1.165) is 27.3 Å². The highest BCUT2D eigenvalue weighted by Gasteiger charge is 2.22. The molecule has 0 aliphatic carbocycles. The summed E-state index contributed by atoms with van der Waals surface area (Å²) in [5.74, 6) is -0.307. The molecule has 0 atom stereocenters. The summed E-state index contributed by atoms with van der Waals surface area (Å²) in [6.45, 7) is 3.54. The Kier molecular flexibility index (Phi) is 9.39. The molecule has 3 rings (SSSR count). The molecule has 0 aliphatic heterocycles. The van der Waals surface area contributed by atoms with Crippen LogP contribution in [0.15, 0.2) is 77.9 Å². The number of hydrogen-bond acceptors (Lipinski definition) is 6. The van der Waals surface area contributed by atoms with Gasteiger partial charge in [-0.3, -0.25) is 13.9 Å². The third kappa shape index (κ3) is 8.76. The molecule has 0 aliphatic rings. The van der Waals surface area contributed by atoms with E-state index in [1.807, 2.05) is 49.4 Å². The fraction of sp³-hybridized carbons (Fsp3) is 0.222. The lowest BCUT2D eigenvalue weighted by Crippen LogP contribution is -2.39. The monoisotopic (exact) mass is 522 g/mol. The molecule has 0 aromatic heterocycles. The number of hydrazone groups is 1. The Morgan fingerprint density at radius 1 is 0.973 bits per heavy atom. The van der Waals surface area contributed by atoms with Crippen LogP contribution in [0.1, 0.15) is 22.3 Å². The summed E-state index contributed by atoms with van der Waals surface area (Å²) in [7, 11) is -3.69. The van der Waals surface area contributed by atoms with Crippen molar-refractivity contribution in [3.63, 3.8) is 0 Å². The minimum Gasteiger partial charge on any atom is -0.484 e. The zero-order chi connectivity index (χ0) is 26.8. The molecule has 0 unspecified atom stereocenters. The van der Waals surface area contributed by atoms with Crippen LogP contribution in [0.3, 0.4) is 0 Å². The average molecular weight is 523 g/mol.